The van der Waals surface area contributed by atoms with Crippen LogP contribution in [0.3, 0.4) is 0 Å². The third kappa shape index (κ3) is 5.29. The number of rotatable bonds is 8. The van der Waals surface area contributed by atoms with Gasteiger partial charge in [0.15, 0.2) is 0 Å². The van der Waals surface area contributed by atoms with Crippen molar-refractivity contribution in [1.82, 2.24) is 14.8 Å². The summed E-state index contributed by atoms with van der Waals surface area (Å²) in [5.74, 6) is 0.479. The van der Waals surface area contributed by atoms with E-state index in [1.165, 1.54) is 0 Å². The van der Waals surface area contributed by atoms with Gasteiger partial charge >= 0.3 is 0 Å². The van der Waals surface area contributed by atoms with Crippen LogP contribution in [0.2, 0.25) is 0 Å². The molecule has 0 aliphatic heterocycles. The van der Waals surface area contributed by atoms with E-state index in [1.807, 2.05) is 85.7 Å². The average molecular weight is 518 g/mol. The second kappa shape index (κ2) is 10.8. The van der Waals surface area contributed by atoms with Crippen molar-refractivity contribution in [3.05, 3.63) is 106 Å². The Morgan fingerprint density at radius 1 is 0.941 bits per heavy atom. The van der Waals surface area contributed by atoms with E-state index in [9.17, 15) is 4.79 Å². The van der Waals surface area contributed by atoms with Crippen molar-refractivity contribution < 1.29 is 9.53 Å². The maximum Gasteiger partial charge on any atom is 0.254 e. The molecule has 1 unspecified atom stereocenters. The maximum absolute atomic E-state index is 13.9. The summed E-state index contributed by atoms with van der Waals surface area (Å²) < 4.78 is 6.75. The van der Waals surface area contributed by atoms with Crippen LogP contribution >= 0.6 is 15.9 Å². The van der Waals surface area contributed by atoms with Gasteiger partial charge in [-0.3, -0.25) is 4.79 Å². The largest absolute Gasteiger partial charge is 0.481 e. The van der Waals surface area contributed by atoms with Gasteiger partial charge in [0.1, 0.15) is 0 Å². The van der Waals surface area contributed by atoms with Gasteiger partial charge in [-0.05, 0) is 56.1 Å². The lowest BCUT2D eigenvalue weighted by Gasteiger charge is -2.34. The fraction of sp³-hybridized carbons (Fsp3) is 0.214. The molecule has 1 aromatic heterocycles. The molecule has 0 spiro atoms. The van der Waals surface area contributed by atoms with Crippen molar-refractivity contribution in [2.75, 3.05) is 34.3 Å². The first-order valence-corrected chi connectivity index (χ1v) is 12.0. The summed E-state index contributed by atoms with van der Waals surface area (Å²) in [5.41, 5.74) is 3.34. The molecule has 1 atom stereocenters. The first kappa shape index (κ1) is 23.9. The molecule has 174 valence electrons. The van der Waals surface area contributed by atoms with Crippen molar-refractivity contribution in [3.8, 4) is 5.88 Å². The van der Waals surface area contributed by atoms with Gasteiger partial charge in [0.2, 0.25) is 5.88 Å². The van der Waals surface area contributed by atoms with E-state index in [1.54, 1.807) is 7.11 Å². The highest BCUT2D eigenvalue weighted by Crippen LogP contribution is 2.37. The molecule has 0 radical (unpaired) electrons. The number of pyridine rings is 1. The molecule has 4 rings (SSSR count). The number of likely N-dealkylation sites (N-methyl/N-ethyl adjacent to an activating group) is 1. The summed E-state index contributed by atoms with van der Waals surface area (Å²) in [4.78, 5) is 22.7. The number of halogens is 1. The van der Waals surface area contributed by atoms with Crippen LogP contribution in [0.25, 0.3) is 10.9 Å². The Labute approximate surface area is 209 Å². The summed E-state index contributed by atoms with van der Waals surface area (Å²) in [6, 6.07) is 27.2. The number of hydrogen-bond donors (Lipinski definition) is 0. The number of nitrogens with zero attached hydrogens (tertiary/aromatic N) is 3. The monoisotopic (exact) mass is 517 g/mol. The zero-order valence-corrected chi connectivity index (χ0v) is 21.2. The molecule has 0 fully saturated rings. The number of aromatic nitrogens is 1. The Kier molecular flexibility index (Phi) is 7.60. The van der Waals surface area contributed by atoms with Crippen molar-refractivity contribution in [2.24, 2.45) is 0 Å². The van der Waals surface area contributed by atoms with Crippen LogP contribution in [0.15, 0.2) is 89.4 Å². The molecule has 4 aromatic rings. The van der Waals surface area contributed by atoms with E-state index < -0.39 is 0 Å². The molecule has 0 bridgehead atoms. The van der Waals surface area contributed by atoms with Gasteiger partial charge in [0, 0.05) is 34.1 Å². The Bertz CT molecular complexity index is 1260. The van der Waals surface area contributed by atoms with Crippen molar-refractivity contribution in [2.45, 2.75) is 6.04 Å². The topological polar surface area (TPSA) is 45.7 Å². The third-order valence-electron chi connectivity index (χ3n) is 5.75. The summed E-state index contributed by atoms with van der Waals surface area (Å²) >= 11 is 3.57. The predicted molar refractivity (Wildman–Crippen MR) is 140 cm³/mol. The SMILES string of the molecule is COc1nc2ccc(Br)cc2cc1C(c1ccccc1)N(CCN(C)C)C(=O)c1ccccc1. The number of amides is 1. The molecule has 0 aliphatic carbocycles. The summed E-state index contributed by atoms with van der Waals surface area (Å²) in [6.07, 6.45) is 0. The van der Waals surface area contributed by atoms with Gasteiger partial charge in [-0.2, -0.15) is 0 Å². The smallest absolute Gasteiger partial charge is 0.254 e. The van der Waals surface area contributed by atoms with Crippen LogP contribution in [0, 0.1) is 0 Å². The summed E-state index contributed by atoms with van der Waals surface area (Å²) in [6.45, 7) is 1.26. The lowest BCUT2D eigenvalue weighted by molar-refractivity contribution is 0.0691. The third-order valence-corrected chi connectivity index (χ3v) is 6.25. The summed E-state index contributed by atoms with van der Waals surface area (Å²) in [5, 5.41) is 0.978. The molecule has 0 saturated carbocycles. The van der Waals surface area contributed by atoms with Crippen LogP contribution in [0.4, 0.5) is 0 Å². The minimum Gasteiger partial charge on any atom is -0.481 e. The van der Waals surface area contributed by atoms with Gasteiger partial charge in [0.05, 0.1) is 18.7 Å². The fourth-order valence-corrected chi connectivity index (χ4v) is 4.45. The van der Waals surface area contributed by atoms with Crippen molar-refractivity contribution >= 4 is 32.7 Å². The molecule has 34 heavy (non-hydrogen) atoms. The molecule has 3 aromatic carbocycles. The van der Waals surface area contributed by atoms with Crippen LogP contribution in [0.1, 0.15) is 27.5 Å². The van der Waals surface area contributed by atoms with E-state index in [0.29, 0.717) is 18.0 Å². The van der Waals surface area contributed by atoms with Crippen molar-refractivity contribution in [1.29, 1.82) is 0 Å². The van der Waals surface area contributed by atoms with Crippen LogP contribution in [-0.4, -0.2) is 55.0 Å². The molecule has 1 amide bonds. The van der Waals surface area contributed by atoms with Crippen LogP contribution in [0.5, 0.6) is 5.88 Å². The van der Waals surface area contributed by atoms with E-state index >= 15 is 0 Å². The number of carbonyl (C=O) groups excluding carboxylic acids is 1. The van der Waals surface area contributed by atoms with Gasteiger partial charge in [0.25, 0.3) is 5.91 Å². The zero-order valence-electron chi connectivity index (χ0n) is 19.6. The molecular formula is C28H28BrN3O2. The number of fused-ring (bicyclic) bond motifs is 1. The first-order valence-electron chi connectivity index (χ1n) is 11.2. The van der Waals surface area contributed by atoms with Crippen molar-refractivity contribution in [3.63, 3.8) is 0 Å². The molecule has 6 heteroatoms. The number of benzene rings is 3. The van der Waals surface area contributed by atoms with Gasteiger partial charge in [-0.25, -0.2) is 4.98 Å². The van der Waals surface area contributed by atoms with Gasteiger partial charge in [-0.15, -0.1) is 0 Å². The standard InChI is InChI=1S/C28H28BrN3O2/c1-31(2)16-17-32(28(33)21-12-8-5-9-13-21)26(20-10-6-4-7-11-20)24-19-22-18-23(29)14-15-25(22)30-27(24)34-3/h4-15,18-19,26H,16-17H2,1-3H3. The van der Waals surface area contributed by atoms with E-state index in [4.69, 9.17) is 9.72 Å². The second-order valence-corrected chi connectivity index (χ2v) is 9.32. The molecule has 0 saturated heterocycles. The zero-order chi connectivity index (χ0) is 24.1. The molecular weight excluding hydrogens is 490 g/mol. The van der Waals surface area contributed by atoms with Crippen LogP contribution in [-0.2, 0) is 0 Å². The summed E-state index contributed by atoms with van der Waals surface area (Å²) in [7, 11) is 5.65. The Balaban J connectivity index is 1.93. The molecule has 1 heterocycles. The van der Waals surface area contributed by atoms with Gasteiger partial charge in [-0.1, -0.05) is 64.5 Å². The van der Waals surface area contributed by atoms with E-state index in [0.717, 1.165) is 33.0 Å². The van der Waals surface area contributed by atoms with E-state index in [2.05, 4.69) is 39.0 Å². The first-order chi connectivity index (χ1) is 16.5. The number of carbonyl (C=O) groups is 1. The average Bonchev–Trinajstić information content (AvgIpc) is 2.86. The number of ether oxygens (including phenoxy) is 1. The van der Waals surface area contributed by atoms with E-state index in [-0.39, 0.29) is 11.9 Å². The highest BCUT2D eigenvalue weighted by atomic mass is 79.9. The fourth-order valence-electron chi connectivity index (χ4n) is 4.07. The second-order valence-electron chi connectivity index (χ2n) is 8.40. The highest BCUT2D eigenvalue weighted by molar-refractivity contribution is 9.10. The minimum atomic E-state index is -0.375. The molecule has 0 aliphatic rings. The van der Waals surface area contributed by atoms with Crippen LogP contribution < -0.4 is 4.74 Å². The predicted octanol–water partition coefficient (Wildman–Crippen LogP) is 5.80. The number of hydrogen-bond acceptors (Lipinski definition) is 4. The highest BCUT2D eigenvalue weighted by Gasteiger charge is 2.30. The molecule has 0 N–H and O–H groups in total. The lowest BCUT2D eigenvalue weighted by atomic mass is 9.95. The molecule has 5 nitrogen and oxygen atoms in total. The maximum atomic E-state index is 13.9. The Hall–Kier alpha value is -3.22. The number of methoxy groups -OCH3 is 1. The minimum absolute atomic E-state index is 0.0345. The Morgan fingerprint density at radius 2 is 1.62 bits per heavy atom. The Morgan fingerprint density at radius 3 is 2.26 bits per heavy atom. The normalized spacial score (nSPS) is 12.0. The lowest BCUT2D eigenvalue weighted by Crippen LogP contribution is -2.40. The quantitative estimate of drug-likeness (QED) is 0.296. The van der Waals surface area contributed by atoms with Gasteiger partial charge < -0.3 is 14.5 Å².